The summed E-state index contributed by atoms with van der Waals surface area (Å²) in [5.74, 6) is 0.451. The van der Waals surface area contributed by atoms with Crippen LogP contribution in [0.3, 0.4) is 0 Å². The third-order valence-electron chi connectivity index (χ3n) is 6.59. The summed E-state index contributed by atoms with van der Waals surface area (Å²) in [6, 6.07) is 28.4. The molecule has 0 radical (unpaired) electrons. The van der Waals surface area contributed by atoms with Crippen LogP contribution >= 0.6 is 0 Å². The second-order valence-electron chi connectivity index (χ2n) is 8.93. The van der Waals surface area contributed by atoms with E-state index in [1.54, 1.807) is 41.9 Å². The zero-order valence-electron chi connectivity index (χ0n) is 20.3. The van der Waals surface area contributed by atoms with Crippen LogP contribution in [0.5, 0.6) is 0 Å². The van der Waals surface area contributed by atoms with Crippen LogP contribution < -0.4 is 10.6 Å². The Morgan fingerprint density at radius 1 is 0.947 bits per heavy atom. The standard InChI is InChI=1S/C29H22N6O3/c1-18-25(28(36)31-20-12-3-2-4-13-20)26(23-15-7-8-17-24(23)35(37)38)34-29(30-18)32-27(33-34)22-16-9-11-19-10-5-6-14-21(19)22/h2-17,26H,1H3,(H,31,36)(H,30,32,33). The van der Waals surface area contributed by atoms with E-state index in [9.17, 15) is 14.9 Å². The molecule has 6 rings (SSSR count). The van der Waals surface area contributed by atoms with Gasteiger partial charge in [-0.15, -0.1) is 5.10 Å². The maximum Gasteiger partial charge on any atom is 0.275 e. The first-order chi connectivity index (χ1) is 18.5. The fourth-order valence-electron chi connectivity index (χ4n) is 4.87. The highest BCUT2D eigenvalue weighted by molar-refractivity contribution is 6.06. The van der Waals surface area contributed by atoms with Gasteiger partial charge in [0.15, 0.2) is 5.82 Å². The number of nitro groups is 1. The van der Waals surface area contributed by atoms with Crippen molar-refractivity contribution < 1.29 is 9.72 Å². The Morgan fingerprint density at radius 3 is 2.47 bits per heavy atom. The lowest BCUT2D eigenvalue weighted by atomic mass is 9.93. The number of amides is 1. The molecule has 9 nitrogen and oxygen atoms in total. The molecular weight excluding hydrogens is 480 g/mol. The fraction of sp³-hybridized carbons (Fsp3) is 0.0690. The number of rotatable bonds is 5. The number of nitrogens with one attached hydrogen (secondary N) is 2. The van der Waals surface area contributed by atoms with Gasteiger partial charge in [-0.1, -0.05) is 72.8 Å². The molecule has 38 heavy (non-hydrogen) atoms. The summed E-state index contributed by atoms with van der Waals surface area (Å²) in [4.78, 5) is 30.0. The van der Waals surface area contributed by atoms with Gasteiger partial charge in [0.2, 0.25) is 5.95 Å². The van der Waals surface area contributed by atoms with Crippen molar-refractivity contribution in [2.24, 2.45) is 0 Å². The summed E-state index contributed by atoms with van der Waals surface area (Å²) in [6.45, 7) is 1.76. The molecule has 1 aromatic heterocycles. The lowest BCUT2D eigenvalue weighted by Crippen LogP contribution is -2.31. The average molecular weight is 503 g/mol. The van der Waals surface area contributed by atoms with E-state index in [4.69, 9.17) is 10.1 Å². The van der Waals surface area contributed by atoms with Crippen LogP contribution in [-0.4, -0.2) is 25.6 Å². The van der Waals surface area contributed by atoms with Gasteiger partial charge in [-0.05, 0) is 35.9 Å². The molecule has 2 heterocycles. The van der Waals surface area contributed by atoms with Crippen molar-refractivity contribution in [1.82, 2.24) is 14.8 Å². The predicted octanol–water partition coefficient (Wildman–Crippen LogP) is 5.93. The Bertz CT molecular complexity index is 1740. The largest absolute Gasteiger partial charge is 0.328 e. The third-order valence-corrected chi connectivity index (χ3v) is 6.59. The molecule has 5 aromatic rings. The molecule has 0 fully saturated rings. The molecule has 1 aliphatic rings. The number of para-hydroxylation sites is 2. The Balaban J connectivity index is 1.53. The van der Waals surface area contributed by atoms with E-state index in [1.807, 2.05) is 60.7 Å². The average Bonchev–Trinajstić information content (AvgIpc) is 3.35. The van der Waals surface area contributed by atoms with E-state index in [0.29, 0.717) is 34.3 Å². The molecule has 4 aromatic carbocycles. The van der Waals surface area contributed by atoms with Crippen LogP contribution in [0, 0.1) is 10.1 Å². The minimum atomic E-state index is -0.882. The molecule has 0 spiro atoms. The minimum Gasteiger partial charge on any atom is -0.328 e. The van der Waals surface area contributed by atoms with E-state index < -0.39 is 16.9 Å². The summed E-state index contributed by atoms with van der Waals surface area (Å²) in [6.07, 6.45) is 0. The zero-order valence-corrected chi connectivity index (χ0v) is 20.3. The predicted molar refractivity (Wildman–Crippen MR) is 146 cm³/mol. The summed E-state index contributed by atoms with van der Waals surface area (Å²) >= 11 is 0. The number of hydrogen-bond donors (Lipinski definition) is 2. The van der Waals surface area contributed by atoms with Crippen molar-refractivity contribution >= 4 is 34.0 Å². The third kappa shape index (κ3) is 3.96. The van der Waals surface area contributed by atoms with E-state index in [1.165, 1.54) is 6.07 Å². The Morgan fingerprint density at radius 2 is 1.66 bits per heavy atom. The van der Waals surface area contributed by atoms with Crippen LogP contribution in [0.15, 0.2) is 108 Å². The molecule has 0 bridgehead atoms. The van der Waals surface area contributed by atoms with E-state index >= 15 is 0 Å². The fourth-order valence-corrected chi connectivity index (χ4v) is 4.87. The zero-order chi connectivity index (χ0) is 26.2. The first-order valence-corrected chi connectivity index (χ1v) is 12.0. The van der Waals surface area contributed by atoms with Gasteiger partial charge in [-0.25, -0.2) is 4.68 Å². The summed E-state index contributed by atoms with van der Waals surface area (Å²) < 4.78 is 1.56. The summed E-state index contributed by atoms with van der Waals surface area (Å²) in [7, 11) is 0. The number of hydrogen-bond acceptors (Lipinski definition) is 6. The second-order valence-corrected chi connectivity index (χ2v) is 8.93. The minimum absolute atomic E-state index is 0.106. The van der Waals surface area contributed by atoms with Crippen molar-refractivity contribution in [2.45, 2.75) is 13.0 Å². The van der Waals surface area contributed by atoms with Crippen LogP contribution in [0.4, 0.5) is 17.3 Å². The summed E-state index contributed by atoms with van der Waals surface area (Å²) in [5, 5.41) is 25.0. The molecule has 186 valence electrons. The SMILES string of the molecule is CC1=C(C(=O)Nc2ccccc2)C(c2ccccc2[N+](=O)[O-])n2nc(-c3cccc4ccccc34)nc2N1. The molecule has 1 unspecified atom stereocenters. The lowest BCUT2D eigenvalue weighted by molar-refractivity contribution is -0.385. The molecule has 0 saturated heterocycles. The molecule has 9 heteroatoms. The van der Waals surface area contributed by atoms with Gasteiger partial charge in [-0.3, -0.25) is 14.9 Å². The molecule has 2 N–H and O–H groups in total. The number of carbonyl (C=O) groups is 1. The van der Waals surface area contributed by atoms with Crippen LogP contribution in [-0.2, 0) is 4.79 Å². The number of carbonyl (C=O) groups excluding carboxylic acids is 1. The Kier molecular flexibility index (Phi) is 5.65. The van der Waals surface area contributed by atoms with Crippen LogP contribution in [0.25, 0.3) is 22.2 Å². The number of fused-ring (bicyclic) bond motifs is 2. The van der Waals surface area contributed by atoms with Gasteiger partial charge < -0.3 is 10.6 Å². The number of nitrogens with zero attached hydrogens (tertiary/aromatic N) is 4. The van der Waals surface area contributed by atoms with Gasteiger partial charge in [0, 0.05) is 23.0 Å². The number of anilines is 2. The first kappa shape index (κ1) is 23.1. The van der Waals surface area contributed by atoms with Crippen molar-refractivity contribution in [2.75, 3.05) is 10.6 Å². The van der Waals surface area contributed by atoms with Crippen LogP contribution in [0.1, 0.15) is 18.5 Å². The maximum atomic E-state index is 13.7. The highest BCUT2D eigenvalue weighted by Crippen LogP contribution is 2.40. The van der Waals surface area contributed by atoms with Crippen molar-refractivity contribution in [3.8, 4) is 11.4 Å². The van der Waals surface area contributed by atoms with Gasteiger partial charge in [0.25, 0.3) is 11.6 Å². The van der Waals surface area contributed by atoms with Crippen molar-refractivity contribution in [3.63, 3.8) is 0 Å². The van der Waals surface area contributed by atoms with E-state index in [2.05, 4.69) is 10.6 Å². The lowest BCUT2D eigenvalue weighted by Gasteiger charge is -2.28. The second kappa shape index (κ2) is 9.29. The van der Waals surface area contributed by atoms with Gasteiger partial charge in [-0.2, -0.15) is 4.98 Å². The quantitative estimate of drug-likeness (QED) is 0.227. The van der Waals surface area contributed by atoms with Gasteiger partial charge in [0.1, 0.15) is 6.04 Å². The highest BCUT2D eigenvalue weighted by atomic mass is 16.6. The van der Waals surface area contributed by atoms with E-state index in [-0.39, 0.29) is 5.69 Å². The molecule has 1 aliphatic heterocycles. The molecular formula is C29H22N6O3. The molecule has 1 amide bonds. The number of aromatic nitrogens is 3. The number of benzene rings is 4. The van der Waals surface area contributed by atoms with Gasteiger partial charge in [0.05, 0.1) is 16.1 Å². The topological polar surface area (TPSA) is 115 Å². The van der Waals surface area contributed by atoms with Crippen molar-refractivity contribution in [3.05, 3.63) is 124 Å². The maximum absolute atomic E-state index is 13.7. The van der Waals surface area contributed by atoms with Crippen LogP contribution in [0.2, 0.25) is 0 Å². The Labute approximate surface area is 217 Å². The monoisotopic (exact) mass is 502 g/mol. The van der Waals surface area contributed by atoms with Gasteiger partial charge >= 0.3 is 0 Å². The number of allylic oxidation sites excluding steroid dienone is 1. The normalized spacial score (nSPS) is 14.6. The molecule has 0 aliphatic carbocycles. The van der Waals surface area contributed by atoms with E-state index in [0.717, 1.165) is 16.3 Å². The smallest absolute Gasteiger partial charge is 0.275 e. The van der Waals surface area contributed by atoms with Crippen molar-refractivity contribution in [1.29, 1.82) is 0 Å². The first-order valence-electron chi connectivity index (χ1n) is 12.0. The highest BCUT2D eigenvalue weighted by Gasteiger charge is 2.38. The molecule has 1 atom stereocenters. The number of nitro benzene ring substituents is 1. The Hall–Kier alpha value is -5.31. The molecule has 0 saturated carbocycles. The summed E-state index contributed by atoms with van der Waals surface area (Å²) in [5.41, 5.74) is 2.51.